The molecule has 6 nitrogen and oxygen atoms in total. The van der Waals surface area contributed by atoms with Gasteiger partial charge < -0.3 is 14.2 Å². The average molecular weight is 255 g/mol. The van der Waals surface area contributed by atoms with Crippen molar-refractivity contribution in [2.24, 2.45) is 0 Å². The highest BCUT2D eigenvalue weighted by Crippen LogP contribution is 2.26. The van der Waals surface area contributed by atoms with Crippen LogP contribution in [-0.4, -0.2) is 46.1 Å². The minimum atomic E-state index is -0.314. The molecule has 0 bridgehead atoms. The summed E-state index contributed by atoms with van der Waals surface area (Å²) in [6.45, 7) is 0.0458. The Bertz CT molecular complexity index is 407. The number of nitrogens with zero attached hydrogens (tertiary/aromatic N) is 1. The van der Waals surface area contributed by atoms with Crippen molar-refractivity contribution >= 4 is 5.91 Å². The molecule has 1 rings (SSSR count). The summed E-state index contributed by atoms with van der Waals surface area (Å²) in [6, 6.07) is 4.91. The Labute approximate surface area is 106 Å². The van der Waals surface area contributed by atoms with Crippen LogP contribution >= 0.6 is 0 Å². The first-order valence-corrected chi connectivity index (χ1v) is 5.26. The van der Waals surface area contributed by atoms with Gasteiger partial charge in [-0.3, -0.25) is 9.63 Å². The number of amides is 1. The van der Waals surface area contributed by atoms with E-state index in [2.05, 4.69) is 0 Å². The minimum Gasteiger partial charge on any atom is -0.497 e. The third-order valence-electron chi connectivity index (χ3n) is 2.31. The van der Waals surface area contributed by atoms with Gasteiger partial charge >= 0.3 is 0 Å². The van der Waals surface area contributed by atoms with Crippen molar-refractivity contribution in [1.29, 1.82) is 0 Å². The van der Waals surface area contributed by atoms with Crippen molar-refractivity contribution in [1.82, 2.24) is 5.06 Å². The third kappa shape index (κ3) is 3.35. The highest BCUT2D eigenvalue weighted by Gasteiger charge is 2.17. The van der Waals surface area contributed by atoms with E-state index in [1.807, 2.05) is 0 Å². The second-order valence-electron chi connectivity index (χ2n) is 3.40. The molecule has 0 saturated carbocycles. The Morgan fingerprint density at radius 1 is 1.28 bits per heavy atom. The first-order valence-electron chi connectivity index (χ1n) is 5.26. The molecule has 0 aromatic heterocycles. The summed E-state index contributed by atoms with van der Waals surface area (Å²) in [5.41, 5.74) is 0.372. The van der Waals surface area contributed by atoms with Gasteiger partial charge in [-0.2, -0.15) is 0 Å². The Hall–Kier alpha value is -1.79. The minimum absolute atomic E-state index is 0.0458. The maximum atomic E-state index is 12.0. The van der Waals surface area contributed by atoms with E-state index in [4.69, 9.17) is 19.0 Å². The fraction of sp³-hybridized carbons (Fsp3) is 0.417. The molecule has 0 atom stereocenters. The molecule has 0 saturated heterocycles. The van der Waals surface area contributed by atoms with E-state index in [0.717, 1.165) is 5.06 Å². The molecule has 0 radical (unpaired) electrons. The molecule has 6 heteroatoms. The Balaban J connectivity index is 3.04. The standard InChI is InChI=1S/C12H17NO5/c1-13(17-4)12(14)10-6-5-9(16-3)7-11(10)18-8-15-2/h5-7H,8H2,1-4H3. The second kappa shape index (κ2) is 6.83. The molecule has 0 fully saturated rings. The van der Waals surface area contributed by atoms with E-state index >= 15 is 0 Å². The second-order valence-corrected chi connectivity index (χ2v) is 3.40. The van der Waals surface area contributed by atoms with Crippen LogP contribution in [0.2, 0.25) is 0 Å². The predicted octanol–water partition coefficient (Wildman–Crippen LogP) is 1.31. The maximum absolute atomic E-state index is 12.0. The fourth-order valence-electron chi connectivity index (χ4n) is 1.30. The molecule has 0 aliphatic heterocycles. The monoisotopic (exact) mass is 255 g/mol. The van der Waals surface area contributed by atoms with Crippen molar-refractivity contribution in [3.05, 3.63) is 23.8 Å². The maximum Gasteiger partial charge on any atom is 0.280 e. The Morgan fingerprint density at radius 2 is 2.00 bits per heavy atom. The summed E-state index contributed by atoms with van der Waals surface area (Å²) >= 11 is 0. The van der Waals surface area contributed by atoms with Gasteiger partial charge in [-0.1, -0.05) is 0 Å². The fourth-order valence-corrected chi connectivity index (χ4v) is 1.30. The van der Waals surface area contributed by atoms with Crippen molar-refractivity contribution in [3.63, 3.8) is 0 Å². The van der Waals surface area contributed by atoms with Crippen molar-refractivity contribution in [3.8, 4) is 11.5 Å². The zero-order valence-electron chi connectivity index (χ0n) is 10.9. The molecular weight excluding hydrogens is 238 g/mol. The topological polar surface area (TPSA) is 57.2 Å². The Kier molecular flexibility index (Phi) is 5.41. The molecule has 1 aromatic rings. The molecule has 1 aromatic carbocycles. The van der Waals surface area contributed by atoms with E-state index in [1.165, 1.54) is 28.4 Å². The molecule has 100 valence electrons. The molecule has 0 aliphatic rings. The summed E-state index contributed by atoms with van der Waals surface area (Å²) in [6.07, 6.45) is 0. The first kappa shape index (κ1) is 14.3. The van der Waals surface area contributed by atoms with E-state index in [-0.39, 0.29) is 12.7 Å². The number of methoxy groups -OCH3 is 2. The van der Waals surface area contributed by atoms with Gasteiger partial charge in [-0.25, -0.2) is 5.06 Å². The van der Waals surface area contributed by atoms with E-state index in [9.17, 15) is 4.79 Å². The molecule has 0 unspecified atom stereocenters. The third-order valence-corrected chi connectivity index (χ3v) is 2.31. The number of carbonyl (C=O) groups is 1. The lowest BCUT2D eigenvalue weighted by molar-refractivity contribution is -0.0760. The van der Waals surface area contributed by atoms with Gasteiger partial charge in [0.1, 0.15) is 11.5 Å². The summed E-state index contributed by atoms with van der Waals surface area (Å²) in [5.74, 6) is 0.661. The van der Waals surface area contributed by atoms with Crippen LogP contribution in [0.25, 0.3) is 0 Å². The van der Waals surface area contributed by atoms with Crippen LogP contribution in [0, 0.1) is 0 Å². The number of hydrogen-bond donors (Lipinski definition) is 0. The highest BCUT2D eigenvalue weighted by atomic mass is 16.7. The molecule has 18 heavy (non-hydrogen) atoms. The lowest BCUT2D eigenvalue weighted by Gasteiger charge is -2.17. The number of hydroxylamine groups is 2. The van der Waals surface area contributed by atoms with Crippen LogP contribution in [0.5, 0.6) is 11.5 Å². The highest BCUT2D eigenvalue weighted by molar-refractivity contribution is 5.96. The molecule has 0 N–H and O–H groups in total. The summed E-state index contributed by atoms with van der Waals surface area (Å²) < 4.78 is 15.2. The quantitative estimate of drug-likeness (QED) is 0.566. The smallest absolute Gasteiger partial charge is 0.280 e. The van der Waals surface area contributed by atoms with E-state index in [1.54, 1.807) is 18.2 Å². The summed E-state index contributed by atoms with van der Waals surface area (Å²) in [4.78, 5) is 16.8. The zero-order chi connectivity index (χ0) is 13.5. The lowest BCUT2D eigenvalue weighted by atomic mass is 10.2. The van der Waals surface area contributed by atoms with Gasteiger partial charge in [0.15, 0.2) is 6.79 Å². The van der Waals surface area contributed by atoms with E-state index in [0.29, 0.717) is 17.1 Å². The molecule has 0 heterocycles. The molecule has 0 spiro atoms. The van der Waals surface area contributed by atoms with Gasteiger partial charge in [0.2, 0.25) is 0 Å². The van der Waals surface area contributed by atoms with Crippen LogP contribution in [0.15, 0.2) is 18.2 Å². The average Bonchev–Trinajstić information content (AvgIpc) is 2.42. The van der Waals surface area contributed by atoms with Gasteiger partial charge in [0.05, 0.1) is 19.8 Å². The van der Waals surface area contributed by atoms with Crippen LogP contribution < -0.4 is 9.47 Å². The Morgan fingerprint density at radius 3 is 2.56 bits per heavy atom. The van der Waals surface area contributed by atoms with Crippen molar-refractivity contribution in [2.75, 3.05) is 35.2 Å². The zero-order valence-corrected chi connectivity index (χ0v) is 10.9. The molecule has 0 aliphatic carbocycles. The van der Waals surface area contributed by atoms with Gasteiger partial charge in [-0.15, -0.1) is 0 Å². The van der Waals surface area contributed by atoms with Gasteiger partial charge in [0.25, 0.3) is 5.91 Å². The van der Waals surface area contributed by atoms with Crippen LogP contribution in [0.4, 0.5) is 0 Å². The van der Waals surface area contributed by atoms with Crippen molar-refractivity contribution in [2.45, 2.75) is 0 Å². The SMILES string of the molecule is COCOc1cc(OC)ccc1C(=O)N(C)OC. The predicted molar refractivity (Wildman–Crippen MR) is 64.6 cm³/mol. The normalized spacial score (nSPS) is 10.0. The lowest BCUT2D eigenvalue weighted by Crippen LogP contribution is -2.26. The largest absolute Gasteiger partial charge is 0.497 e. The summed E-state index contributed by atoms with van der Waals surface area (Å²) in [5, 5.41) is 1.11. The number of benzene rings is 1. The van der Waals surface area contributed by atoms with Crippen LogP contribution in [-0.2, 0) is 9.57 Å². The first-order chi connectivity index (χ1) is 8.63. The van der Waals surface area contributed by atoms with Crippen LogP contribution in [0.1, 0.15) is 10.4 Å². The van der Waals surface area contributed by atoms with E-state index < -0.39 is 0 Å². The van der Waals surface area contributed by atoms with Crippen molar-refractivity contribution < 1.29 is 23.8 Å². The number of rotatable bonds is 6. The van der Waals surface area contributed by atoms with Gasteiger partial charge in [0, 0.05) is 20.2 Å². The molecule has 1 amide bonds. The van der Waals surface area contributed by atoms with Gasteiger partial charge in [-0.05, 0) is 12.1 Å². The number of hydrogen-bond acceptors (Lipinski definition) is 5. The van der Waals surface area contributed by atoms with Crippen LogP contribution in [0.3, 0.4) is 0 Å². The number of carbonyl (C=O) groups excluding carboxylic acids is 1. The summed E-state index contributed by atoms with van der Waals surface area (Å²) in [7, 11) is 5.98. The molecular formula is C12H17NO5. The number of ether oxygens (including phenoxy) is 3.